The zero-order chi connectivity index (χ0) is 16.1. The standard InChI is InChI=1S/C16H23BN2O3/c1-15(2)16(3,4)22-17(21-15)11-6-8-13-10(9-11)5-7-12(18)14(20)19-13/h6,8-9,12H,5,7,18H2,1-4H3,(H,19,20). The second-order valence-corrected chi connectivity index (χ2v) is 7.14. The molecule has 1 amide bonds. The number of nitrogens with two attached hydrogens (primary N) is 1. The summed E-state index contributed by atoms with van der Waals surface area (Å²) in [4.78, 5) is 11.8. The molecule has 118 valence electrons. The molecular weight excluding hydrogens is 279 g/mol. The van der Waals surface area contributed by atoms with Gasteiger partial charge in [-0.15, -0.1) is 0 Å². The number of aryl methyl sites for hydroxylation is 1. The van der Waals surface area contributed by atoms with Crippen molar-refractivity contribution in [1.82, 2.24) is 0 Å². The van der Waals surface area contributed by atoms with Gasteiger partial charge in [0.25, 0.3) is 0 Å². The Bertz CT molecular complexity index is 599. The summed E-state index contributed by atoms with van der Waals surface area (Å²) in [7, 11) is -0.386. The lowest BCUT2D eigenvalue weighted by molar-refractivity contribution is -0.117. The number of rotatable bonds is 1. The van der Waals surface area contributed by atoms with Gasteiger partial charge in [0.05, 0.1) is 17.2 Å². The topological polar surface area (TPSA) is 73.6 Å². The number of hydrogen-bond acceptors (Lipinski definition) is 4. The molecule has 1 atom stereocenters. The lowest BCUT2D eigenvalue weighted by atomic mass is 9.78. The SMILES string of the molecule is CC1(C)OB(c2ccc3c(c2)CCC(N)C(=O)N3)OC1(C)C. The Balaban J connectivity index is 1.88. The van der Waals surface area contributed by atoms with Crippen molar-refractivity contribution >= 4 is 24.2 Å². The molecule has 0 aliphatic carbocycles. The van der Waals surface area contributed by atoms with E-state index >= 15 is 0 Å². The zero-order valence-electron chi connectivity index (χ0n) is 13.6. The van der Waals surface area contributed by atoms with Gasteiger partial charge in [0, 0.05) is 5.69 Å². The van der Waals surface area contributed by atoms with Gasteiger partial charge in [0.2, 0.25) is 5.91 Å². The number of carbonyl (C=O) groups excluding carboxylic acids is 1. The molecule has 1 aromatic carbocycles. The van der Waals surface area contributed by atoms with Gasteiger partial charge in [0.15, 0.2) is 0 Å². The van der Waals surface area contributed by atoms with Crippen LogP contribution in [0.2, 0.25) is 0 Å². The molecule has 5 nitrogen and oxygen atoms in total. The predicted octanol–water partition coefficient (Wildman–Crippen LogP) is 1.20. The third kappa shape index (κ3) is 2.55. The van der Waals surface area contributed by atoms with Crippen molar-refractivity contribution in [2.24, 2.45) is 5.73 Å². The summed E-state index contributed by atoms with van der Waals surface area (Å²) < 4.78 is 12.2. The Hall–Kier alpha value is -1.37. The first-order chi connectivity index (χ1) is 10.2. The molecule has 0 bridgehead atoms. The number of carbonyl (C=O) groups is 1. The number of benzene rings is 1. The van der Waals surface area contributed by atoms with E-state index in [4.69, 9.17) is 15.0 Å². The summed E-state index contributed by atoms with van der Waals surface area (Å²) in [5.74, 6) is -0.123. The summed E-state index contributed by atoms with van der Waals surface area (Å²) in [6.45, 7) is 8.15. The van der Waals surface area contributed by atoms with E-state index in [2.05, 4.69) is 11.4 Å². The first-order valence-electron chi connectivity index (χ1n) is 7.74. The number of fused-ring (bicyclic) bond motifs is 1. The van der Waals surface area contributed by atoms with Crippen molar-refractivity contribution in [3.8, 4) is 0 Å². The molecule has 6 heteroatoms. The molecule has 0 spiro atoms. The van der Waals surface area contributed by atoms with Gasteiger partial charge in [-0.2, -0.15) is 0 Å². The Kier molecular flexibility index (Phi) is 3.59. The van der Waals surface area contributed by atoms with Gasteiger partial charge < -0.3 is 20.4 Å². The molecule has 1 aromatic rings. The summed E-state index contributed by atoms with van der Waals surface area (Å²) in [5.41, 5.74) is 7.99. The van der Waals surface area contributed by atoms with Crippen molar-refractivity contribution in [3.05, 3.63) is 23.8 Å². The van der Waals surface area contributed by atoms with Gasteiger partial charge in [-0.05, 0) is 57.6 Å². The van der Waals surface area contributed by atoms with E-state index in [1.54, 1.807) is 0 Å². The fourth-order valence-corrected chi connectivity index (χ4v) is 2.74. The van der Waals surface area contributed by atoms with E-state index in [0.717, 1.165) is 23.1 Å². The maximum Gasteiger partial charge on any atom is 0.494 e. The average molecular weight is 302 g/mol. The van der Waals surface area contributed by atoms with Crippen LogP contribution in [0.5, 0.6) is 0 Å². The van der Waals surface area contributed by atoms with E-state index < -0.39 is 6.04 Å². The zero-order valence-corrected chi connectivity index (χ0v) is 13.6. The molecule has 1 saturated heterocycles. The molecule has 2 heterocycles. The van der Waals surface area contributed by atoms with Gasteiger partial charge >= 0.3 is 7.12 Å². The van der Waals surface area contributed by atoms with Crippen molar-refractivity contribution in [2.75, 3.05) is 5.32 Å². The van der Waals surface area contributed by atoms with E-state index in [-0.39, 0.29) is 24.2 Å². The summed E-state index contributed by atoms with van der Waals surface area (Å²) >= 11 is 0. The monoisotopic (exact) mass is 302 g/mol. The highest BCUT2D eigenvalue weighted by Gasteiger charge is 2.51. The number of nitrogens with one attached hydrogen (secondary N) is 1. The van der Waals surface area contributed by atoms with Crippen LogP contribution in [0.3, 0.4) is 0 Å². The highest BCUT2D eigenvalue weighted by molar-refractivity contribution is 6.62. The first-order valence-corrected chi connectivity index (χ1v) is 7.74. The fourth-order valence-electron chi connectivity index (χ4n) is 2.74. The Morgan fingerprint density at radius 2 is 1.86 bits per heavy atom. The Labute approximate surface area is 131 Å². The van der Waals surface area contributed by atoms with E-state index in [1.807, 2.05) is 39.8 Å². The molecule has 3 rings (SSSR count). The molecule has 3 N–H and O–H groups in total. The Morgan fingerprint density at radius 3 is 2.50 bits per heavy atom. The van der Waals surface area contributed by atoms with Gasteiger partial charge in [-0.25, -0.2) is 0 Å². The van der Waals surface area contributed by atoms with E-state index in [9.17, 15) is 4.79 Å². The second kappa shape index (κ2) is 5.08. The van der Waals surface area contributed by atoms with Crippen LogP contribution < -0.4 is 16.5 Å². The smallest absolute Gasteiger partial charge is 0.399 e. The Morgan fingerprint density at radius 1 is 1.23 bits per heavy atom. The maximum atomic E-state index is 11.8. The predicted molar refractivity (Wildman–Crippen MR) is 87.1 cm³/mol. The fraction of sp³-hybridized carbons (Fsp3) is 0.562. The van der Waals surface area contributed by atoms with Crippen LogP contribution in [-0.2, 0) is 20.5 Å². The highest BCUT2D eigenvalue weighted by atomic mass is 16.7. The lowest BCUT2D eigenvalue weighted by Crippen LogP contribution is -2.41. The minimum Gasteiger partial charge on any atom is -0.399 e. The second-order valence-electron chi connectivity index (χ2n) is 7.14. The third-order valence-electron chi connectivity index (χ3n) is 4.97. The first kappa shape index (κ1) is 15.5. The van der Waals surface area contributed by atoms with Crippen LogP contribution >= 0.6 is 0 Å². The van der Waals surface area contributed by atoms with Crippen LogP contribution in [0.15, 0.2) is 18.2 Å². The number of hydrogen-bond donors (Lipinski definition) is 2. The molecule has 1 unspecified atom stereocenters. The summed E-state index contributed by atoms with van der Waals surface area (Å²) in [6, 6.07) is 5.45. The largest absolute Gasteiger partial charge is 0.494 e. The normalized spacial score (nSPS) is 26.3. The molecule has 0 aromatic heterocycles. The lowest BCUT2D eigenvalue weighted by Gasteiger charge is -2.32. The maximum absolute atomic E-state index is 11.8. The van der Waals surface area contributed by atoms with Crippen molar-refractivity contribution in [2.45, 2.75) is 57.8 Å². The van der Waals surface area contributed by atoms with Gasteiger partial charge in [0.1, 0.15) is 0 Å². The van der Waals surface area contributed by atoms with Crippen LogP contribution in [0.4, 0.5) is 5.69 Å². The molecule has 2 aliphatic rings. The molecule has 0 saturated carbocycles. The third-order valence-corrected chi connectivity index (χ3v) is 4.97. The van der Waals surface area contributed by atoms with Crippen molar-refractivity contribution in [1.29, 1.82) is 0 Å². The highest BCUT2D eigenvalue weighted by Crippen LogP contribution is 2.36. The summed E-state index contributed by atoms with van der Waals surface area (Å²) in [6.07, 6.45) is 1.41. The number of amides is 1. The van der Waals surface area contributed by atoms with E-state index in [0.29, 0.717) is 6.42 Å². The molecule has 22 heavy (non-hydrogen) atoms. The molecule has 1 fully saturated rings. The minimum atomic E-state index is -0.451. The van der Waals surface area contributed by atoms with Crippen LogP contribution in [-0.4, -0.2) is 30.3 Å². The van der Waals surface area contributed by atoms with E-state index in [1.165, 1.54) is 0 Å². The minimum absolute atomic E-state index is 0.123. The quantitative estimate of drug-likeness (QED) is 0.765. The van der Waals surface area contributed by atoms with Crippen LogP contribution in [0.25, 0.3) is 0 Å². The average Bonchev–Trinajstić information content (AvgIpc) is 2.55. The van der Waals surface area contributed by atoms with Crippen molar-refractivity contribution in [3.63, 3.8) is 0 Å². The van der Waals surface area contributed by atoms with Gasteiger partial charge in [-0.3, -0.25) is 4.79 Å². The van der Waals surface area contributed by atoms with Crippen molar-refractivity contribution < 1.29 is 14.1 Å². The molecule has 2 aliphatic heterocycles. The number of anilines is 1. The van der Waals surface area contributed by atoms with Gasteiger partial charge in [-0.1, -0.05) is 12.1 Å². The summed E-state index contributed by atoms with van der Waals surface area (Å²) in [5, 5.41) is 2.88. The van der Waals surface area contributed by atoms with Crippen LogP contribution in [0.1, 0.15) is 39.7 Å². The molecular formula is C16H23BN2O3. The van der Waals surface area contributed by atoms with Crippen LogP contribution in [0, 0.1) is 0 Å². The molecule has 0 radical (unpaired) electrons.